The molecule has 21 heavy (non-hydrogen) atoms. The van der Waals surface area contributed by atoms with E-state index in [0.717, 1.165) is 12.5 Å². The summed E-state index contributed by atoms with van der Waals surface area (Å²) >= 11 is 1.81. The molecule has 1 saturated heterocycles. The standard InChI is InChI=1S/C17H31N3S/c1-12-7-9-20(10-8-12)11-13-19-14(16(2,3)4)15(21-13)17(5,6)18/h12H,7-11,18H2,1-6H3. The third-order valence-corrected chi connectivity index (χ3v) is 5.58. The molecule has 0 spiro atoms. The Morgan fingerprint density at radius 1 is 1.19 bits per heavy atom. The predicted molar refractivity (Wildman–Crippen MR) is 91.7 cm³/mol. The summed E-state index contributed by atoms with van der Waals surface area (Å²) < 4.78 is 0. The van der Waals surface area contributed by atoms with Gasteiger partial charge < -0.3 is 5.73 Å². The molecular weight excluding hydrogens is 278 g/mol. The van der Waals surface area contributed by atoms with E-state index in [1.165, 1.54) is 41.5 Å². The summed E-state index contributed by atoms with van der Waals surface area (Å²) in [4.78, 5) is 8.74. The highest BCUT2D eigenvalue weighted by molar-refractivity contribution is 7.11. The van der Waals surface area contributed by atoms with Crippen LogP contribution in [0.25, 0.3) is 0 Å². The van der Waals surface area contributed by atoms with Gasteiger partial charge in [-0.25, -0.2) is 4.98 Å². The highest BCUT2D eigenvalue weighted by Gasteiger charge is 2.30. The van der Waals surface area contributed by atoms with Crippen LogP contribution in [0.1, 0.15) is 70.0 Å². The fourth-order valence-electron chi connectivity index (χ4n) is 2.79. The molecule has 1 aliphatic heterocycles. The maximum atomic E-state index is 6.38. The molecule has 4 heteroatoms. The van der Waals surface area contributed by atoms with Crippen LogP contribution in [0.2, 0.25) is 0 Å². The molecule has 1 aromatic heterocycles. The molecule has 0 unspecified atom stereocenters. The molecule has 2 rings (SSSR count). The van der Waals surface area contributed by atoms with Gasteiger partial charge in [-0.15, -0.1) is 11.3 Å². The third-order valence-electron chi connectivity index (χ3n) is 4.20. The van der Waals surface area contributed by atoms with Crippen molar-refractivity contribution in [3.05, 3.63) is 15.6 Å². The highest BCUT2D eigenvalue weighted by atomic mass is 32.1. The van der Waals surface area contributed by atoms with Gasteiger partial charge >= 0.3 is 0 Å². The number of hydrogen-bond donors (Lipinski definition) is 1. The average Bonchev–Trinajstić information content (AvgIpc) is 2.76. The van der Waals surface area contributed by atoms with Crippen LogP contribution < -0.4 is 5.73 Å². The second-order valence-corrected chi connectivity index (χ2v) is 9.30. The first kappa shape index (κ1) is 16.9. The maximum absolute atomic E-state index is 6.38. The lowest BCUT2D eigenvalue weighted by atomic mass is 9.87. The van der Waals surface area contributed by atoms with E-state index in [2.05, 4.69) is 46.4 Å². The predicted octanol–water partition coefficient (Wildman–Crippen LogP) is 3.87. The molecule has 1 aliphatic rings. The van der Waals surface area contributed by atoms with Crippen LogP contribution in [0.3, 0.4) is 0 Å². The number of piperidine rings is 1. The van der Waals surface area contributed by atoms with Crippen LogP contribution in [-0.2, 0) is 17.5 Å². The lowest BCUT2D eigenvalue weighted by molar-refractivity contribution is 0.185. The van der Waals surface area contributed by atoms with Crippen LogP contribution in [0.4, 0.5) is 0 Å². The van der Waals surface area contributed by atoms with E-state index in [-0.39, 0.29) is 11.0 Å². The largest absolute Gasteiger partial charge is 0.321 e. The van der Waals surface area contributed by atoms with Crippen LogP contribution in [0.5, 0.6) is 0 Å². The Morgan fingerprint density at radius 3 is 2.19 bits per heavy atom. The SMILES string of the molecule is CC1CCN(Cc2nc(C(C)(C)C)c(C(C)(C)N)s2)CC1. The zero-order chi connectivity index (χ0) is 15.8. The third kappa shape index (κ3) is 4.27. The second-order valence-electron chi connectivity index (χ2n) is 8.22. The molecule has 0 aliphatic carbocycles. The number of nitrogens with zero attached hydrogens (tertiary/aromatic N) is 2. The lowest BCUT2D eigenvalue weighted by Crippen LogP contribution is -2.32. The van der Waals surface area contributed by atoms with Crippen molar-refractivity contribution in [2.75, 3.05) is 13.1 Å². The molecule has 0 bridgehead atoms. The van der Waals surface area contributed by atoms with Gasteiger partial charge in [0.1, 0.15) is 5.01 Å². The van der Waals surface area contributed by atoms with E-state index in [0.29, 0.717) is 0 Å². The van der Waals surface area contributed by atoms with Crippen LogP contribution in [0.15, 0.2) is 0 Å². The Bertz CT molecular complexity index is 440. The first-order valence-corrected chi connectivity index (χ1v) is 8.91. The van der Waals surface area contributed by atoms with E-state index in [9.17, 15) is 0 Å². The van der Waals surface area contributed by atoms with Gasteiger partial charge in [-0.1, -0.05) is 27.7 Å². The molecule has 0 amide bonds. The van der Waals surface area contributed by atoms with Crippen molar-refractivity contribution in [2.45, 2.75) is 71.9 Å². The Balaban J connectivity index is 2.20. The van der Waals surface area contributed by atoms with Crippen molar-refractivity contribution in [1.29, 1.82) is 0 Å². The number of thiazole rings is 1. The first-order valence-electron chi connectivity index (χ1n) is 8.09. The number of nitrogens with two attached hydrogens (primary N) is 1. The summed E-state index contributed by atoms with van der Waals surface area (Å²) in [6.07, 6.45) is 2.62. The van der Waals surface area contributed by atoms with Crippen LogP contribution >= 0.6 is 11.3 Å². The summed E-state index contributed by atoms with van der Waals surface area (Å²) in [5, 5.41) is 1.23. The van der Waals surface area contributed by atoms with Gasteiger partial charge in [0.05, 0.1) is 12.2 Å². The van der Waals surface area contributed by atoms with E-state index in [1.54, 1.807) is 0 Å². The molecule has 3 nitrogen and oxygen atoms in total. The van der Waals surface area contributed by atoms with Crippen molar-refractivity contribution in [1.82, 2.24) is 9.88 Å². The number of aromatic nitrogens is 1. The molecule has 120 valence electrons. The van der Waals surface area contributed by atoms with Gasteiger partial charge in [-0.2, -0.15) is 0 Å². The van der Waals surface area contributed by atoms with E-state index in [1.807, 2.05) is 11.3 Å². The molecule has 1 aromatic rings. The Morgan fingerprint density at radius 2 is 1.76 bits per heavy atom. The lowest BCUT2D eigenvalue weighted by Gasteiger charge is -2.29. The van der Waals surface area contributed by atoms with E-state index in [4.69, 9.17) is 10.7 Å². The minimum Gasteiger partial charge on any atom is -0.321 e. The summed E-state index contributed by atoms with van der Waals surface area (Å²) in [6.45, 7) is 16.6. The van der Waals surface area contributed by atoms with Gasteiger partial charge in [0.15, 0.2) is 0 Å². The molecular formula is C17H31N3S. The topological polar surface area (TPSA) is 42.2 Å². The monoisotopic (exact) mass is 309 g/mol. The quantitative estimate of drug-likeness (QED) is 0.921. The van der Waals surface area contributed by atoms with Crippen LogP contribution in [0, 0.1) is 5.92 Å². The van der Waals surface area contributed by atoms with Gasteiger partial charge in [-0.05, 0) is 45.7 Å². The Labute approximate surface area is 133 Å². The molecule has 0 saturated carbocycles. The van der Waals surface area contributed by atoms with E-state index >= 15 is 0 Å². The smallest absolute Gasteiger partial charge is 0.107 e. The Hall–Kier alpha value is -0.450. The summed E-state index contributed by atoms with van der Waals surface area (Å²) in [7, 11) is 0. The van der Waals surface area contributed by atoms with Crippen molar-refractivity contribution >= 4 is 11.3 Å². The molecule has 2 N–H and O–H groups in total. The number of rotatable bonds is 3. The number of hydrogen-bond acceptors (Lipinski definition) is 4. The van der Waals surface area contributed by atoms with Crippen LogP contribution in [-0.4, -0.2) is 23.0 Å². The Kier molecular flexibility index (Phi) is 4.81. The van der Waals surface area contributed by atoms with Crippen molar-refractivity contribution in [3.8, 4) is 0 Å². The average molecular weight is 310 g/mol. The minimum atomic E-state index is -0.311. The zero-order valence-corrected chi connectivity index (χ0v) is 15.3. The summed E-state index contributed by atoms with van der Waals surface area (Å²) in [5.74, 6) is 0.876. The fraction of sp³-hybridized carbons (Fsp3) is 0.824. The number of likely N-dealkylation sites (tertiary alicyclic amines) is 1. The van der Waals surface area contributed by atoms with Crippen molar-refractivity contribution in [3.63, 3.8) is 0 Å². The summed E-state index contributed by atoms with van der Waals surface area (Å²) in [5.41, 5.74) is 7.30. The molecule has 1 fully saturated rings. The molecule has 0 radical (unpaired) electrons. The fourth-order valence-corrected chi connectivity index (χ4v) is 4.12. The second kappa shape index (κ2) is 5.98. The normalized spacial score (nSPS) is 19.2. The van der Waals surface area contributed by atoms with Crippen molar-refractivity contribution in [2.24, 2.45) is 11.7 Å². The van der Waals surface area contributed by atoms with E-state index < -0.39 is 0 Å². The van der Waals surface area contributed by atoms with Crippen molar-refractivity contribution < 1.29 is 0 Å². The molecule has 2 heterocycles. The molecule has 0 aromatic carbocycles. The first-order chi connectivity index (χ1) is 9.57. The van der Waals surface area contributed by atoms with Gasteiger partial charge in [0.2, 0.25) is 0 Å². The molecule has 0 atom stereocenters. The summed E-state index contributed by atoms with van der Waals surface area (Å²) in [6, 6.07) is 0. The zero-order valence-electron chi connectivity index (χ0n) is 14.5. The van der Waals surface area contributed by atoms with Gasteiger partial charge in [0, 0.05) is 15.8 Å². The van der Waals surface area contributed by atoms with Gasteiger partial charge in [0.25, 0.3) is 0 Å². The minimum absolute atomic E-state index is 0.0527. The van der Waals surface area contributed by atoms with Gasteiger partial charge in [-0.3, -0.25) is 4.90 Å². The highest BCUT2D eigenvalue weighted by Crippen LogP contribution is 2.36. The maximum Gasteiger partial charge on any atom is 0.107 e.